The maximum atomic E-state index is 12.2. The van der Waals surface area contributed by atoms with Crippen LogP contribution in [0.5, 0.6) is 0 Å². The van der Waals surface area contributed by atoms with Crippen LogP contribution < -0.4 is 10.6 Å². The van der Waals surface area contributed by atoms with E-state index in [-0.39, 0.29) is 49.1 Å². The molecule has 2 aliphatic heterocycles. The zero-order valence-corrected chi connectivity index (χ0v) is 13.5. The predicted octanol–water partition coefficient (Wildman–Crippen LogP) is 0.963. The van der Waals surface area contributed by atoms with Crippen LogP contribution in [-0.2, 0) is 4.79 Å². The Morgan fingerprint density at radius 1 is 1.22 bits per heavy atom. The second-order valence-corrected chi connectivity index (χ2v) is 5.67. The SMILES string of the molecule is Cl.O=C(CCN1C(=O)c2ccccc2C1=O)N[C@H]1CCCNC1. The minimum atomic E-state index is -0.312. The van der Waals surface area contributed by atoms with E-state index in [1.165, 1.54) is 0 Å². The van der Waals surface area contributed by atoms with Crippen molar-refractivity contribution in [3.63, 3.8) is 0 Å². The summed E-state index contributed by atoms with van der Waals surface area (Å²) in [6.45, 7) is 1.89. The number of nitrogens with one attached hydrogen (secondary N) is 2. The minimum Gasteiger partial charge on any atom is -0.352 e. The molecule has 7 heteroatoms. The zero-order chi connectivity index (χ0) is 15.5. The van der Waals surface area contributed by atoms with Crippen LogP contribution >= 0.6 is 12.4 Å². The maximum absolute atomic E-state index is 12.2. The molecule has 0 aliphatic carbocycles. The molecule has 23 heavy (non-hydrogen) atoms. The summed E-state index contributed by atoms with van der Waals surface area (Å²) in [7, 11) is 0. The first-order valence-corrected chi connectivity index (χ1v) is 7.62. The van der Waals surface area contributed by atoms with Crippen LogP contribution in [0.25, 0.3) is 0 Å². The first-order chi connectivity index (χ1) is 10.7. The van der Waals surface area contributed by atoms with E-state index in [0.717, 1.165) is 30.8 Å². The van der Waals surface area contributed by atoms with Gasteiger partial charge in [0.05, 0.1) is 11.1 Å². The Kier molecular flexibility index (Phi) is 5.74. The molecule has 0 unspecified atom stereocenters. The number of hydrogen-bond acceptors (Lipinski definition) is 4. The van der Waals surface area contributed by atoms with Crippen molar-refractivity contribution in [1.29, 1.82) is 0 Å². The van der Waals surface area contributed by atoms with Crippen molar-refractivity contribution < 1.29 is 14.4 Å². The van der Waals surface area contributed by atoms with Crippen LogP contribution in [0.2, 0.25) is 0 Å². The molecule has 2 aliphatic rings. The highest BCUT2D eigenvalue weighted by Crippen LogP contribution is 2.22. The lowest BCUT2D eigenvalue weighted by atomic mass is 10.1. The zero-order valence-electron chi connectivity index (χ0n) is 12.7. The van der Waals surface area contributed by atoms with Crippen LogP contribution in [0.4, 0.5) is 0 Å². The molecular formula is C16H20ClN3O3. The number of nitrogens with zero attached hydrogens (tertiary/aromatic N) is 1. The molecule has 3 amide bonds. The van der Waals surface area contributed by atoms with Gasteiger partial charge in [-0.05, 0) is 31.5 Å². The molecule has 1 saturated heterocycles. The Labute approximate surface area is 141 Å². The highest BCUT2D eigenvalue weighted by Gasteiger charge is 2.35. The van der Waals surface area contributed by atoms with Crippen LogP contribution in [0.1, 0.15) is 40.0 Å². The summed E-state index contributed by atoms with van der Waals surface area (Å²) in [6, 6.07) is 6.89. The number of hydrogen-bond donors (Lipinski definition) is 2. The van der Waals surface area contributed by atoms with Gasteiger partial charge in [0.2, 0.25) is 5.91 Å². The van der Waals surface area contributed by atoms with Crippen molar-refractivity contribution in [2.45, 2.75) is 25.3 Å². The summed E-state index contributed by atoms with van der Waals surface area (Å²) in [6.07, 6.45) is 2.15. The number of amides is 3. The topological polar surface area (TPSA) is 78.5 Å². The number of carbonyl (C=O) groups excluding carboxylic acids is 3. The Balaban J connectivity index is 0.00000192. The van der Waals surface area contributed by atoms with E-state index in [0.29, 0.717) is 11.1 Å². The van der Waals surface area contributed by atoms with Gasteiger partial charge in [-0.1, -0.05) is 12.1 Å². The summed E-state index contributed by atoms with van der Waals surface area (Å²) in [5, 5.41) is 6.17. The standard InChI is InChI=1S/C16H19N3O3.ClH/c20-14(18-11-4-3-8-17-10-11)7-9-19-15(21)12-5-1-2-6-13(12)16(19)22;/h1-2,5-6,11,17H,3-4,7-10H2,(H,18,20);1H/t11-;/m0./s1. The van der Waals surface area contributed by atoms with Gasteiger partial charge in [-0.3, -0.25) is 19.3 Å². The van der Waals surface area contributed by atoms with Gasteiger partial charge in [-0.25, -0.2) is 0 Å². The minimum absolute atomic E-state index is 0. The van der Waals surface area contributed by atoms with Crippen LogP contribution in [-0.4, -0.2) is 48.3 Å². The fourth-order valence-electron chi connectivity index (χ4n) is 2.93. The van der Waals surface area contributed by atoms with E-state index in [9.17, 15) is 14.4 Å². The van der Waals surface area contributed by atoms with E-state index in [4.69, 9.17) is 0 Å². The molecule has 0 saturated carbocycles. The number of imide groups is 1. The third kappa shape index (κ3) is 3.71. The maximum Gasteiger partial charge on any atom is 0.261 e. The van der Waals surface area contributed by atoms with Crippen LogP contribution in [0.3, 0.4) is 0 Å². The van der Waals surface area contributed by atoms with Crippen molar-refractivity contribution in [1.82, 2.24) is 15.5 Å². The fourth-order valence-corrected chi connectivity index (χ4v) is 2.93. The average molecular weight is 338 g/mol. The molecule has 0 spiro atoms. The van der Waals surface area contributed by atoms with Crippen LogP contribution in [0.15, 0.2) is 24.3 Å². The Morgan fingerprint density at radius 3 is 2.43 bits per heavy atom. The number of rotatable bonds is 4. The molecule has 6 nitrogen and oxygen atoms in total. The lowest BCUT2D eigenvalue weighted by molar-refractivity contribution is -0.122. The molecule has 2 heterocycles. The van der Waals surface area contributed by atoms with Gasteiger partial charge in [-0.15, -0.1) is 12.4 Å². The molecule has 1 aromatic rings. The second-order valence-electron chi connectivity index (χ2n) is 5.67. The third-order valence-electron chi connectivity index (χ3n) is 4.10. The van der Waals surface area contributed by atoms with E-state index in [1.54, 1.807) is 24.3 Å². The predicted molar refractivity (Wildman–Crippen MR) is 87.7 cm³/mol. The molecule has 2 N–H and O–H groups in total. The number of piperidine rings is 1. The van der Waals surface area contributed by atoms with E-state index in [1.807, 2.05) is 0 Å². The molecule has 1 atom stereocenters. The Hall–Kier alpha value is -1.92. The van der Waals surface area contributed by atoms with E-state index < -0.39 is 0 Å². The Morgan fingerprint density at radius 2 is 1.87 bits per heavy atom. The third-order valence-corrected chi connectivity index (χ3v) is 4.10. The molecular weight excluding hydrogens is 318 g/mol. The number of benzene rings is 1. The molecule has 0 bridgehead atoms. The molecule has 124 valence electrons. The highest BCUT2D eigenvalue weighted by atomic mass is 35.5. The Bertz CT molecular complexity index is 579. The molecule has 1 aromatic carbocycles. The molecule has 3 rings (SSSR count). The average Bonchev–Trinajstić information content (AvgIpc) is 2.78. The van der Waals surface area contributed by atoms with E-state index in [2.05, 4.69) is 10.6 Å². The van der Waals surface area contributed by atoms with Crippen molar-refractivity contribution in [2.75, 3.05) is 19.6 Å². The number of carbonyl (C=O) groups is 3. The van der Waals surface area contributed by atoms with Crippen molar-refractivity contribution >= 4 is 30.1 Å². The van der Waals surface area contributed by atoms with Crippen molar-refractivity contribution in [3.05, 3.63) is 35.4 Å². The monoisotopic (exact) mass is 337 g/mol. The number of fused-ring (bicyclic) bond motifs is 1. The van der Waals surface area contributed by atoms with Gasteiger partial charge < -0.3 is 10.6 Å². The summed E-state index contributed by atoms with van der Waals surface area (Å²) in [4.78, 5) is 37.5. The second kappa shape index (κ2) is 7.57. The van der Waals surface area contributed by atoms with Gasteiger partial charge >= 0.3 is 0 Å². The van der Waals surface area contributed by atoms with Crippen molar-refractivity contribution in [3.8, 4) is 0 Å². The molecule has 0 aromatic heterocycles. The van der Waals surface area contributed by atoms with Gasteiger partial charge in [0, 0.05) is 25.6 Å². The number of halogens is 1. The van der Waals surface area contributed by atoms with E-state index >= 15 is 0 Å². The summed E-state index contributed by atoms with van der Waals surface area (Å²) < 4.78 is 0. The van der Waals surface area contributed by atoms with Gasteiger partial charge in [0.15, 0.2) is 0 Å². The normalized spacial score (nSPS) is 20.0. The summed E-state index contributed by atoms with van der Waals surface area (Å²) in [5.74, 6) is -0.745. The quantitative estimate of drug-likeness (QED) is 0.802. The fraction of sp³-hybridized carbons (Fsp3) is 0.438. The molecule has 1 fully saturated rings. The van der Waals surface area contributed by atoms with Crippen molar-refractivity contribution in [2.24, 2.45) is 0 Å². The first-order valence-electron chi connectivity index (χ1n) is 7.62. The highest BCUT2D eigenvalue weighted by molar-refractivity contribution is 6.21. The van der Waals surface area contributed by atoms with Gasteiger partial charge in [0.25, 0.3) is 11.8 Å². The largest absolute Gasteiger partial charge is 0.352 e. The summed E-state index contributed by atoms with van der Waals surface area (Å²) in [5.41, 5.74) is 0.841. The smallest absolute Gasteiger partial charge is 0.261 e. The summed E-state index contributed by atoms with van der Waals surface area (Å²) >= 11 is 0. The lowest BCUT2D eigenvalue weighted by Gasteiger charge is -2.24. The first kappa shape index (κ1) is 17.4. The van der Waals surface area contributed by atoms with Crippen LogP contribution in [0, 0.1) is 0 Å². The van der Waals surface area contributed by atoms with Gasteiger partial charge in [-0.2, -0.15) is 0 Å². The molecule has 0 radical (unpaired) electrons. The van der Waals surface area contributed by atoms with Gasteiger partial charge in [0.1, 0.15) is 0 Å². The lowest BCUT2D eigenvalue weighted by Crippen LogP contribution is -2.46.